The van der Waals surface area contributed by atoms with Crippen molar-refractivity contribution >= 4 is 23.2 Å². The quantitative estimate of drug-likeness (QED) is 0.921. The lowest BCUT2D eigenvalue weighted by Gasteiger charge is -2.34. The molecule has 0 bridgehead atoms. The molecule has 1 aliphatic heterocycles. The van der Waals surface area contributed by atoms with E-state index >= 15 is 0 Å². The zero-order valence-electron chi connectivity index (χ0n) is 10.7. The van der Waals surface area contributed by atoms with Crippen molar-refractivity contribution in [1.29, 1.82) is 0 Å². The molecule has 1 aromatic carbocycles. The molecule has 2 atom stereocenters. The second-order valence-corrected chi connectivity index (χ2v) is 6.01. The number of likely N-dealkylation sites (tertiary alicyclic amines) is 1. The SMILES string of the molecule is CC(N)C1CCCN(Cc2c(Cl)cccc2Cl)C1. The van der Waals surface area contributed by atoms with Crippen LogP contribution in [0.1, 0.15) is 25.3 Å². The van der Waals surface area contributed by atoms with Gasteiger partial charge in [-0.3, -0.25) is 4.90 Å². The highest BCUT2D eigenvalue weighted by Crippen LogP contribution is 2.28. The molecular formula is C14H20Cl2N2. The normalized spacial score (nSPS) is 23.0. The fourth-order valence-corrected chi connectivity index (χ4v) is 3.09. The summed E-state index contributed by atoms with van der Waals surface area (Å²) in [6.07, 6.45) is 2.43. The van der Waals surface area contributed by atoms with E-state index in [4.69, 9.17) is 28.9 Å². The van der Waals surface area contributed by atoms with Crippen LogP contribution in [-0.4, -0.2) is 24.0 Å². The Morgan fingerprint density at radius 3 is 2.67 bits per heavy atom. The van der Waals surface area contributed by atoms with Gasteiger partial charge < -0.3 is 5.73 Å². The third-order valence-corrected chi connectivity index (χ3v) is 4.44. The van der Waals surface area contributed by atoms with Gasteiger partial charge in [-0.2, -0.15) is 0 Å². The summed E-state index contributed by atoms with van der Waals surface area (Å²) in [6.45, 7) is 5.06. The Kier molecular flexibility index (Phi) is 4.91. The summed E-state index contributed by atoms with van der Waals surface area (Å²) < 4.78 is 0. The van der Waals surface area contributed by atoms with Crippen molar-refractivity contribution in [3.05, 3.63) is 33.8 Å². The van der Waals surface area contributed by atoms with Gasteiger partial charge in [0.15, 0.2) is 0 Å². The summed E-state index contributed by atoms with van der Waals surface area (Å²) in [5, 5.41) is 1.51. The molecule has 18 heavy (non-hydrogen) atoms. The lowest BCUT2D eigenvalue weighted by Crippen LogP contribution is -2.42. The van der Waals surface area contributed by atoms with Crippen LogP contribution in [0.25, 0.3) is 0 Å². The van der Waals surface area contributed by atoms with E-state index in [1.807, 2.05) is 18.2 Å². The minimum Gasteiger partial charge on any atom is -0.328 e. The third-order valence-electron chi connectivity index (χ3n) is 3.73. The Balaban J connectivity index is 2.05. The van der Waals surface area contributed by atoms with Gasteiger partial charge in [0.25, 0.3) is 0 Å². The zero-order valence-corrected chi connectivity index (χ0v) is 12.2. The second kappa shape index (κ2) is 6.25. The van der Waals surface area contributed by atoms with Crippen LogP contribution >= 0.6 is 23.2 Å². The molecule has 0 aromatic heterocycles. The maximum absolute atomic E-state index is 6.21. The van der Waals surface area contributed by atoms with Crippen molar-refractivity contribution < 1.29 is 0 Å². The largest absolute Gasteiger partial charge is 0.328 e. The van der Waals surface area contributed by atoms with Gasteiger partial charge in [-0.15, -0.1) is 0 Å². The predicted molar refractivity (Wildman–Crippen MR) is 78.1 cm³/mol. The molecule has 2 N–H and O–H groups in total. The number of hydrogen-bond donors (Lipinski definition) is 1. The van der Waals surface area contributed by atoms with Gasteiger partial charge in [0.05, 0.1) is 0 Å². The summed E-state index contributed by atoms with van der Waals surface area (Å²) in [5.41, 5.74) is 7.04. The van der Waals surface area contributed by atoms with Gasteiger partial charge in [0, 0.05) is 34.7 Å². The van der Waals surface area contributed by atoms with E-state index in [1.165, 1.54) is 12.8 Å². The number of rotatable bonds is 3. The third kappa shape index (κ3) is 3.39. The van der Waals surface area contributed by atoms with Crippen LogP contribution in [0, 0.1) is 5.92 Å². The van der Waals surface area contributed by atoms with Crippen molar-refractivity contribution in [2.45, 2.75) is 32.4 Å². The molecule has 100 valence electrons. The fourth-order valence-electron chi connectivity index (χ4n) is 2.57. The average molecular weight is 287 g/mol. The van der Waals surface area contributed by atoms with E-state index < -0.39 is 0 Å². The van der Waals surface area contributed by atoms with Gasteiger partial charge in [-0.05, 0) is 44.4 Å². The zero-order chi connectivity index (χ0) is 13.1. The van der Waals surface area contributed by atoms with E-state index in [2.05, 4.69) is 11.8 Å². The smallest absolute Gasteiger partial charge is 0.0465 e. The lowest BCUT2D eigenvalue weighted by atomic mass is 9.92. The van der Waals surface area contributed by atoms with Crippen molar-refractivity contribution in [3.8, 4) is 0 Å². The summed E-state index contributed by atoms with van der Waals surface area (Å²) in [7, 11) is 0. The Morgan fingerprint density at radius 2 is 2.06 bits per heavy atom. The highest BCUT2D eigenvalue weighted by molar-refractivity contribution is 6.35. The highest BCUT2D eigenvalue weighted by atomic mass is 35.5. The molecule has 4 heteroatoms. The number of hydrogen-bond acceptors (Lipinski definition) is 2. The maximum Gasteiger partial charge on any atom is 0.0465 e. The standard InChI is InChI=1S/C14H20Cl2N2/c1-10(17)11-4-3-7-18(8-11)9-12-13(15)5-2-6-14(12)16/h2,5-6,10-11H,3-4,7-9,17H2,1H3. The monoisotopic (exact) mass is 286 g/mol. The molecule has 1 aromatic rings. The van der Waals surface area contributed by atoms with E-state index in [-0.39, 0.29) is 6.04 Å². The van der Waals surface area contributed by atoms with Gasteiger partial charge in [0.1, 0.15) is 0 Å². The molecule has 0 radical (unpaired) electrons. The fraction of sp³-hybridized carbons (Fsp3) is 0.571. The number of piperidine rings is 1. The van der Waals surface area contributed by atoms with E-state index in [0.29, 0.717) is 5.92 Å². The van der Waals surface area contributed by atoms with Crippen LogP contribution in [0.3, 0.4) is 0 Å². The first-order chi connectivity index (χ1) is 8.58. The molecule has 0 spiro atoms. The van der Waals surface area contributed by atoms with Crippen LogP contribution in [-0.2, 0) is 6.54 Å². The topological polar surface area (TPSA) is 29.3 Å². The van der Waals surface area contributed by atoms with Crippen molar-refractivity contribution in [1.82, 2.24) is 4.90 Å². The first-order valence-corrected chi connectivity index (χ1v) is 7.24. The molecule has 0 aliphatic carbocycles. The van der Waals surface area contributed by atoms with Gasteiger partial charge >= 0.3 is 0 Å². The van der Waals surface area contributed by atoms with Crippen LogP contribution < -0.4 is 5.73 Å². The Hall–Kier alpha value is -0.280. The molecular weight excluding hydrogens is 267 g/mol. The predicted octanol–water partition coefficient (Wildman–Crippen LogP) is 3.55. The Bertz CT molecular complexity index is 387. The minimum atomic E-state index is 0.259. The second-order valence-electron chi connectivity index (χ2n) is 5.20. The number of benzene rings is 1. The molecule has 0 saturated carbocycles. The first kappa shape index (κ1) is 14.1. The van der Waals surface area contributed by atoms with E-state index in [9.17, 15) is 0 Å². The minimum absolute atomic E-state index is 0.259. The van der Waals surface area contributed by atoms with Crippen LogP contribution in [0.2, 0.25) is 10.0 Å². The van der Waals surface area contributed by atoms with Crippen LogP contribution in [0.4, 0.5) is 0 Å². The molecule has 0 amide bonds. The summed E-state index contributed by atoms with van der Waals surface area (Å²) in [4.78, 5) is 2.41. The molecule has 2 nitrogen and oxygen atoms in total. The number of nitrogens with two attached hydrogens (primary N) is 1. The molecule has 1 heterocycles. The van der Waals surface area contributed by atoms with Crippen molar-refractivity contribution in [2.75, 3.05) is 13.1 Å². The average Bonchev–Trinajstić information content (AvgIpc) is 2.34. The molecule has 2 rings (SSSR count). The van der Waals surface area contributed by atoms with E-state index in [0.717, 1.165) is 35.2 Å². The van der Waals surface area contributed by atoms with Gasteiger partial charge in [-0.1, -0.05) is 29.3 Å². The molecule has 1 fully saturated rings. The maximum atomic E-state index is 6.21. The van der Waals surface area contributed by atoms with Crippen molar-refractivity contribution in [2.24, 2.45) is 11.7 Å². The highest BCUT2D eigenvalue weighted by Gasteiger charge is 2.23. The summed E-state index contributed by atoms with van der Waals surface area (Å²) in [6, 6.07) is 5.94. The molecule has 1 saturated heterocycles. The number of halogens is 2. The van der Waals surface area contributed by atoms with E-state index in [1.54, 1.807) is 0 Å². The van der Waals surface area contributed by atoms with Crippen LogP contribution in [0.5, 0.6) is 0 Å². The Labute approximate surface area is 119 Å². The Morgan fingerprint density at radius 1 is 1.39 bits per heavy atom. The van der Waals surface area contributed by atoms with Gasteiger partial charge in [-0.25, -0.2) is 0 Å². The van der Waals surface area contributed by atoms with Crippen LogP contribution in [0.15, 0.2) is 18.2 Å². The summed E-state index contributed by atoms with van der Waals surface area (Å²) >= 11 is 12.4. The first-order valence-electron chi connectivity index (χ1n) is 6.48. The summed E-state index contributed by atoms with van der Waals surface area (Å²) in [5.74, 6) is 0.583. The lowest BCUT2D eigenvalue weighted by molar-refractivity contribution is 0.154. The van der Waals surface area contributed by atoms with Crippen molar-refractivity contribution in [3.63, 3.8) is 0 Å². The molecule has 1 aliphatic rings. The van der Waals surface area contributed by atoms with Gasteiger partial charge in [0.2, 0.25) is 0 Å². The number of nitrogens with zero attached hydrogens (tertiary/aromatic N) is 1. The molecule has 2 unspecified atom stereocenters.